The summed E-state index contributed by atoms with van der Waals surface area (Å²) >= 11 is 0. The summed E-state index contributed by atoms with van der Waals surface area (Å²) < 4.78 is 157. The normalized spacial score (nSPS) is 21.0. The summed E-state index contributed by atoms with van der Waals surface area (Å²) in [4.78, 5) is 0. The minimum atomic E-state index is -7.46. The number of hydrogen-bond acceptors (Lipinski definition) is 1. The molecule has 1 atom stereocenters. The van der Waals surface area contributed by atoms with E-state index in [0.717, 1.165) is 0 Å². The molecule has 1 unspecified atom stereocenters. The van der Waals surface area contributed by atoms with Gasteiger partial charge in [-0.1, -0.05) is 0 Å². The second-order valence-electron chi connectivity index (χ2n) is 4.76. The number of alkyl halides is 10. The maximum atomic E-state index is 13.1. The molecule has 0 aromatic carbocycles. The van der Waals surface area contributed by atoms with Gasteiger partial charge in [-0.2, -0.15) is 52.7 Å². The molecule has 1 radical (unpaired) electrons. The number of epoxide rings is 1. The van der Waals surface area contributed by atoms with Gasteiger partial charge in [0.15, 0.2) is 0 Å². The molecule has 1 fully saturated rings. The lowest BCUT2D eigenvalue weighted by Gasteiger charge is -2.38. The molecule has 13 heteroatoms. The maximum absolute atomic E-state index is 13.1. The van der Waals surface area contributed by atoms with Crippen molar-refractivity contribution in [3.8, 4) is 0 Å². The van der Waals surface area contributed by atoms with E-state index < -0.39 is 55.0 Å². The molecule has 0 spiro atoms. The van der Waals surface area contributed by atoms with E-state index >= 15 is 0 Å². The molecule has 1 rings (SSSR count). The Morgan fingerprint density at radius 3 is 1.57 bits per heavy atom. The Labute approximate surface area is 120 Å². The van der Waals surface area contributed by atoms with Crippen LogP contribution in [0.2, 0.25) is 0 Å². The van der Waals surface area contributed by atoms with Crippen LogP contribution in [-0.2, 0) is 4.74 Å². The van der Waals surface area contributed by atoms with Crippen LogP contribution in [-0.4, -0.2) is 42.3 Å². The molecule has 137 valence electrons. The molecule has 23 heavy (non-hydrogen) atoms. The fourth-order valence-corrected chi connectivity index (χ4v) is 1.48. The molecule has 1 aliphatic heterocycles. The van der Waals surface area contributed by atoms with Crippen LogP contribution in [0.5, 0.6) is 0 Å². The van der Waals surface area contributed by atoms with E-state index in [1.54, 1.807) is 0 Å². The van der Waals surface area contributed by atoms with E-state index in [1.165, 1.54) is 0 Å². The first-order chi connectivity index (χ1) is 10.0. The molecule has 0 N–H and O–H groups in total. The van der Waals surface area contributed by atoms with Crippen molar-refractivity contribution >= 4 is 0 Å². The van der Waals surface area contributed by atoms with Crippen molar-refractivity contribution in [2.75, 3.05) is 6.61 Å². The van der Waals surface area contributed by atoms with E-state index in [1.807, 2.05) is 0 Å². The zero-order valence-electron chi connectivity index (χ0n) is 10.6. The SMILES string of the molecule is F[C](F)C(F)(F)C(F)(F)C(F)(F)C(F)(F)C(F)(F)CCC1CO1. The van der Waals surface area contributed by atoms with Gasteiger partial charge in [0, 0.05) is 6.42 Å². The highest BCUT2D eigenvalue weighted by Gasteiger charge is 2.87. The second kappa shape index (κ2) is 5.59. The minimum Gasteiger partial charge on any atom is -0.373 e. The van der Waals surface area contributed by atoms with Crippen molar-refractivity contribution in [3.63, 3.8) is 0 Å². The summed E-state index contributed by atoms with van der Waals surface area (Å²) in [5, 5.41) is 0. The Balaban J connectivity index is 3.15. The van der Waals surface area contributed by atoms with Gasteiger partial charge >= 0.3 is 36.0 Å². The van der Waals surface area contributed by atoms with Gasteiger partial charge in [-0.05, 0) is 6.42 Å². The molecule has 1 nitrogen and oxygen atoms in total. The fraction of sp³-hybridized carbons (Fsp3) is 0.900. The molecule has 0 aromatic heterocycles. The van der Waals surface area contributed by atoms with Crippen LogP contribution in [0.15, 0.2) is 0 Å². The first-order valence-corrected chi connectivity index (χ1v) is 5.71. The van der Waals surface area contributed by atoms with Crippen molar-refractivity contribution in [2.45, 2.75) is 48.6 Å². The third kappa shape index (κ3) is 3.07. The Hall–Kier alpha value is -0.880. The van der Waals surface area contributed by atoms with Gasteiger partial charge in [0.05, 0.1) is 12.7 Å². The van der Waals surface area contributed by atoms with Crippen LogP contribution >= 0.6 is 0 Å². The summed E-state index contributed by atoms with van der Waals surface area (Å²) in [7, 11) is 0. The van der Waals surface area contributed by atoms with Gasteiger partial charge in [-0.15, -0.1) is 0 Å². The molecular formula is C10H7F12O. The Kier molecular flexibility index (Phi) is 4.90. The predicted molar refractivity (Wildman–Crippen MR) is 49.2 cm³/mol. The van der Waals surface area contributed by atoms with E-state index in [0.29, 0.717) is 0 Å². The molecule has 0 amide bonds. The second-order valence-corrected chi connectivity index (χ2v) is 4.76. The van der Waals surface area contributed by atoms with Crippen molar-refractivity contribution in [1.29, 1.82) is 0 Å². The van der Waals surface area contributed by atoms with Gasteiger partial charge in [0.2, 0.25) is 0 Å². The fourth-order valence-electron chi connectivity index (χ4n) is 1.48. The summed E-state index contributed by atoms with van der Waals surface area (Å²) in [5.41, 5.74) is 0. The van der Waals surface area contributed by atoms with E-state index in [-0.39, 0.29) is 6.61 Å². The lowest BCUT2D eigenvalue weighted by atomic mass is 9.92. The van der Waals surface area contributed by atoms with Gasteiger partial charge in [-0.25, -0.2) is 0 Å². The Bertz CT molecular complexity index is 428. The zero-order chi connectivity index (χ0) is 18.5. The average Bonchev–Trinajstić information content (AvgIpc) is 3.19. The molecule has 0 aliphatic carbocycles. The van der Waals surface area contributed by atoms with Gasteiger partial charge in [0.1, 0.15) is 0 Å². The van der Waals surface area contributed by atoms with Crippen LogP contribution in [0.3, 0.4) is 0 Å². The number of rotatable bonds is 8. The largest absolute Gasteiger partial charge is 0.385 e. The Morgan fingerprint density at radius 1 is 0.783 bits per heavy atom. The lowest BCUT2D eigenvalue weighted by molar-refractivity contribution is -0.404. The van der Waals surface area contributed by atoms with Crippen molar-refractivity contribution in [3.05, 3.63) is 6.43 Å². The van der Waals surface area contributed by atoms with Crippen LogP contribution < -0.4 is 0 Å². The quantitative estimate of drug-likeness (QED) is 0.442. The summed E-state index contributed by atoms with van der Waals surface area (Å²) in [6, 6.07) is 0. The molecule has 1 heterocycles. The number of halogens is 12. The highest BCUT2D eigenvalue weighted by atomic mass is 19.4. The van der Waals surface area contributed by atoms with Gasteiger partial charge in [-0.3, -0.25) is 0 Å². The van der Waals surface area contributed by atoms with E-state index in [4.69, 9.17) is 0 Å². The molecule has 0 bridgehead atoms. The van der Waals surface area contributed by atoms with Crippen molar-refractivity contribution in [2.24, 2.45) is 0 Å². The van der Waals surface area contributed by atoms with Gasteiger partial charge in [0.25, 0.3) is 0 Å². The summed E-state index contributed by atoms with van der Waals surface area (Å²) in [5.74, 6) is -34.8. The average molecular weight is 371 g/mol. The monoisotopic (exact) mass is 371 g/mol. The van der Waals surface area contributed by atoms with Crippen molar-refractivity contribution in [1.82, 2.24) is 0 Å². The topological polar surface area (TPSA) is 12.5 Å². The van der Waals surface area contributed by atoms with Crippen LogP contribution in [0.4, 0.5) is 52.7 Å². The van der Waals surface area contributed by atoms with Crippen LogP contribution in [0.1, 0.15) is 12.8 Å². The smallest absolute Gasteiger partial charge is 0.373 e. The molecular weight excluding hydrogens is 364 g/mol. The third-order valence-corrected chi connectivity index (χ3v) is 3.06. The third-order valence-electron chi connectivity index (χ3n) is 3.06. The highest BCUT2D eigenvalue weighted by Crippen LogP contribution is 2.59. The first kappa shape index (κ1) is 20.2. The molecule has 1 saturated heterocycles. The summed E-state index contributed by atoms with van der Waals surface area (Å²) in [6.07, 6.45) is -8.63. The molecule has 0 aromatic rings. The number of hydrogen-bond donors (Lipinski definition) is 0. The van der Waals surface area contributed by atoms with Crippen LogP contribution in [0.25, 0.3) is 0 Å². The first-order valence-electron chi connectivity index (χ1n) is 5.71. The zero-order valence-corrected chi connectivity index (χ0v) is 10.6. The van der Waals surface area contributed by atoms with Gasteiger partial charge < -0.3 is 4.74 Å². The predicted octanol–water partition coefficient (Wildman–Crippen LogP) is 4.77. The van der Waals surface area contributed by atoms with Crippen LogP contribution in [0, 0.1) is 6.43 Å². The molecule has 0 saturated carbocycles. The standard InChI is InChI=1S/C10H7F12O/c11-5(12)7(15,16)9(19,20)10(21,22)8(17,18)6(13,14)2-1-4-3-23-4/h4H,1-3H2. The van der Waals surface area contributed by atoms with Crippen molar-refractivity contribution < 1.29 is 57.4 Å². The van der Waals surface area contributed by atoms with E-state index in [9.17, 15) is 52.7 Å². The summed E-state index contributed by atoms with van der Waals surface area (Å²) in [6.45, 7) is -0.158. The molecule has 1 aliphatic rings. The Morgan fingerprint density at radius 2 is 1.22 bits per heavy atom. The van der Waals surface area contributed by atoms with E-state index in [2.05, 4.69) is 4.74 Å². The minimum absolute atomic E-state index is 0.158. The maximum Gasteiger partial charge on any atom is 0.385 e. The highest BCUT2D eigenvalue weighted by molar-refractivity contribution is 5.11. The lowest BCUT2D eigenvalue weighted by Crippen LogP contribution is -2.67. The number of ether oxygens (including phenoxy) is 1.